The van der Waals surface area contributed by atoms with E-state index in [9.17, 15) is 14.7 Å². The van der Waals surface area contributed by atoms with Crippen molar-refractivity contribution >= 4 is 12.0 Å². The average molecular weight is 288 g/mol. The number of rotatable bonds is 5. The molecule has 0 spiro atoms. The minimum absolute atomic E-state index is 0.104. The van der Waals surface area contributed by atoms with Crippen LogP contribution in [0.1, 0.15) is 34.1 Å². The monoisotopic (exact) mass is 288 g/mol. The summed E-state index contributed by atoms with van der Waals surface area (Å²) in [6.45, 7) is 6.97. The van der Waals surface area contributed by atoms with Crippen molar-refractivity contribution in [2.45, 2.75) is 51.9 Å². The molecule has 1 aliphatic heterocycles. The first-order chi connectivity index (χ1) is 9.28. The lowest BCUT2D eigenvalue weighted by atomic mass is 9.96. The molecule has 20 heavy (non-hydrogen) atoms. The maximum atomic E-state index is 11.7. The van der Waals surface area contributed by atoms with Crippen LogP contribution in [0.5, 0.6) is 0 Å². The van der Waals surface area contributed by atoms with E-state index in [-0.39, 0.29) is 31.2 Å². The molecule has 116 valence electrons. The third kappa shape index (κ3) is 4.64. The maximum Gasteiger partial charge on any atom is 0.409 e. The van der Waals surface area contributed by atoms with Gasteiger partial charge in [0.1, 0.15) is 18.4 Å². The number of hydrogen-bond donors (Lipinski definition) is 3. The number of nitrogens with one attached hydrogen (secondary N) is 2. The van der Waals surface area contributed by atoms with Gasteiger partial charge in [-0.15, -0.1) is 0 Å². The van der Waals surface area contributed by atoms with Crippen LogP contribution in [0.15, 0.2) is 0 Å². The Morgan fingerprint density at radius 3 is 2.60 bits per heavy atom. The molecular formula is C13H24N2O5. The van der Waals surface area contributed by atoms with Crippen LogP contribution in [0.3, 0.4) is 0 Å². The number of hydrogen-bond acceptors (Lipinski definition) is 5. The highest BCUT2D eigenvalue weighted by Crippen LogP contribution is 2.23. The van der Waals surface area contributed by atoms with Gasteiger partial charge in [0.05, 0.1) is 12.6 Å². The van der Waals surface area contributed by atoms with Crippen molar-refractivity contribution in [3.05, 3.63) is 0 Å². The standard InChI is InChI=1S/C13H24N2O5/c1-5-8-9(6-16)15-11(17)10(8)19-7-14-12(18)20-13(2,3)4/h8-10,16H,5-7H2,1-4H3,(H,14,18)(H,15,17)/t8-,9+,10?/m0/s1. The summed E-state index contributed by atoms with van der Waals surface area (Å²) in [7, 11) is 0. The van der Waals surface area contributed by atoms with Gasteiger partial charge in [-0.25, -0.2) is 4.79 Å². The van der Waals surface area contributed by atoms with Crippen LogP contribution in [-0.2, 0) is 14.3 Å². The van der Waals surface area contributed by atoms with E-state index in [0.717, 1.165) is 0 Å². The summed E-state index contributed by atoms with van der Waals surface area (Å²) in [5.74, 6) is -0.366. The lowest BCUT2D eigenvalue weighted by Gasteiger charge is -2.22. The van der Waals surface area contributed by atoms with Crippen molar-refractivity contribution in [3.63, 3.8) is 0 Å². The summed E-state index contributed by atoms with van der Waals surface area (Å²) in [4.78, 5) is 23.2. The van der Waals surface area contributed by atoms with E-state index in [2.05, 4.69) is 10.6 Å². The molecule has 3 atom stereocenters. The molecule has 1 unspecified atom stereocenters. The molecule has 0 radical (unpaired) electrons. The molecule has 0 saturated carbocycles. The summed E-state index contributed by atoms with van der Waals surface area (Å²) in [6, 6.07) is -0.293. The third-order valence-corrected chi connectivity index (χ3v) is 3.04. The topological polar surface area (TPSA) is 96.9 Å². The molecule has 0 aromatic rings. The molecule has 3 N–H and O–H groups in total. The van der Waals surface area contributed by atoms with Gasteiger partial charge in [0.15, 0.2) is 0 Å². The van der Waals surface area contributed by atoms with Gasteiger partial charge in [0, 0.05) is 5.92 Å². The Balaban J connectivity index is 2.41. The number of ether oxygens (including phenoxy) is 2. The van der Waals surface area contributed by atoms with E-state index in [1.165, 1.54) is 0 Å². The highest BCUT2D eigenvalue weighted by atomic mass is 16.6. The minimum atomic E-state index is -0.660. The summed E-state index contributed by atoms with van der Waals surface area (Å²) < 4.78 is 10.5. The van der Waals surface area contributed by atoms with Crippen molar-refractivity contribution in [1.82, 2.24) is 10.6 Å². The van der Waals surface area contributed by atoms with Crippen LogP contribution < -0.4 is 10.6 Å². The van der Waals surface area contributed by atoms with Crippen LogP contribution in [0.25, 0.3) is 0 Å². The zero-order valence-electron chi connectivity index (χ0n) is 12.4. The average Bonchev–Trinajstić information content (AvgIpc) is 2.63. The van der Waals surface area contributed by atoms with E-state index in [1.807, 2.05) is 6.92 Å². The largest absolute Gasteiger partial charge is 0.444 e. The Kier molecular flexibility index (Phi) is 5.76. The van der Waals surface area contributed by atoms with Crippen LogP contribution in [0.4, 0.5) is 4.79 Å². The van der Waals surface area contributed by atoms with Crippen molar-refractivity contribution in [2.24, 2.45) is 5.92 Å². The van der Waals surface area contributed by atoms with Gasteiger partial charge in [0.2, 0.25) is 5.91 Å². The van der Waals surface area contributed by atoms with E-state index in [0.29, 0.717) is 6.42 Å². The first-order valence-corrected chi connectivity index (χ1v) is 6.78. The Morgan fingerprint density at radius 2 is 2.10 bits per heavy atom. The van der Waals surface area contributed by atoms with E-state index >= 15 is 0 Å². The maximum absolute atomic E-state index is 11.7. The molecular weight excluding hydrogens is 264 g/mol. The molecule has 7 heteroatoms. The smallest absolute Gasteiger partial charge is 0.409 e. The summed E-state index contributed by atoms with van der Waals surface area (Å²) in [6.07, 6.45) is -0.559. The van der Waals surface area contributed by atoms with E-state index in [4.69, 9.17) is 9.47 Å². The zero-order chi connectivity index (χ0) is 15.3. The van der Waals surface area contributed by atoms with E-state index < -0.39 is 17.8 Å². The number of carbonyl (C=O) groups excluding carboxylic acids is 2. The quantitative estimate of drug-likeness (QED) is 0.635. The van der Waals surface area contributed by atoms with Gasteiger partial charge >= 0.3 is 6.09 Å². The molecule has 0 bridgehead atoms. The van der Waals surface area contributed by atoms with Crippen molar-refractivity contribution in [1.29, 1.82) is 0 Å². The molecule has 7 nitrogen and oxygen atoms in total. The Bertz CT molecular complexity index is 353. The predicted octanol–water partition coefficient (Wildman–Crippen LogP) is 0.371. The zero-order valence-corrected chi connectivity index (χ0v) is 12.4. The van der Waals surface area contributed by atoms with Crippen LogP contribution in [-0.4, -0.2) is 48.2 Å². The highest BCUT2D eigenvalue weighted by molar-refractivity contribution is 5.84. The first kappa shape index (κ1) is 16.7. The van der Waals surface area contributed by atoms with Gasteiger partial charge in [-0.2, -0.15) is 0 Å². The fourth-order valence-corrected chi connectivity index (χ4v) is 2.16. The van der Waals surface area contributed by atoms with Gasteiger partial charge in [0.25, 0.3) is 0 Å². The molecule has 0 aromatic heterocycles. The van der Waals surface area contributed by atoms with Gasteiger partial charge in [-0.05, 0) is 27.2 Å². The highest BCUT2D eigenvalue weighted by Gasteiger charge is 2.41. The van der Waals surface area contributed by atoms with Gasteiger partial charge in [-0.1, -0.05) is 6.92 Å². The summed E-state index contributed by atoms with van der Waals surface area (Å²) in [5, 5.41) is 14.3. The second-order valence-electron chi connectivity index (χ2n) is 5.78. The van der Waals surface area contributed by atoms with Crippen LogP contribution in [0, 0.1) is 5.92 Å². The molecule has 1 saturated heterocycles. The molecule has 0 aliphatic carbocycles. The van der Waals surface area contributed by atoms with Crippen LogP contribution in [0.2, 0.25) is 0 Å². The number of alkyl carbamates (subject to hydrolysis) is 1. The number of aliphatic hydroxyl groups excluding tert-OH is 1. The molecule has 1 fully saturated rings. The fraction of sp³-hybridized carbons (Fsp3) is 0.846. The lowest BCUT2D eigenvalue weighted by molar-refractivity contribution is -0.131. The minimum Gasteiger partial charge on any atom is -0.444 e. The number of carbonyl (C=O) groups is 2. The number of aliphatic hydroxyl groups is 1. The van der Waals surface area contributed by atoms with Crippen molar-refractivity contribution < 1.29 is 24.2 Å². The van der Waals surface area contributed by atoms with Crippen LogP contribution >= 0.6 is 0 Å². The molecule has 1 aliphatic rings. The Hall–Kier alpha value is -1.34. The second kappa shape index (κ2) is 6.90. The Morgan fingerprint density at radius 1 is 1.45 bits per heavy atom. The van der Waals surface area contributed by atoms with Crippen molar-refractivity contribution in [2.75, 3.05) is 13.3 Å². The molecule has 1 rings (SSSR count). The SMILES string of the molecule is CC[C@@H]1C(OCNC(=O)OC(C)(C)C)C(=O)N[C@@H]1CO. The second-order valence-corrected chi connectivity index (χ2v) is 5.78. The van der Waals surface area contributed by atoms with Crippen molar-refractivity contribution in [3.8, 4) is 0 Å². The summed E-state index contributed by atoms with van der Waals surface area (Å²) in [5.41, 5.74) is -0.581. The van der Waals surface area contributed by atoms with E-state index in [1.54, 1.807) is 20.8 Å². The molecule has 0 aromatic carbocycles. The summed E-state index contributed by atoms with van der Waals surface area (Å²) >= 11 is 0. The van der Waals surface area contributed by atoms with Gasteiger partial charge < -0.3 is 19.9 Å². The molecule has 1 heterocycles. The fourth-order valence-electron chi connectivity index (χ4n) is 2.16. The Labute approximate surface area is 119 Å². The normalized spacial score (nSPS) is 26.2. The number of amides is 2. The first-order valence-electron chi connectivity index (χ1n) is 6.78. The third-order valence-electron chi connectivity index (χ3n) is 3.04. The molecule has 2 amide bonds. The predicted molar refractivity (Wildman–Crippen MR) is 71.9 cm³/mol. The lowest BCUT2D eigenvalue weighted by Crippen LogP contribution is -2.37. The van der Waals surface area contributed by atoms with Gasteiger partial charge in [-0.3, -0.25) is 10.1 Å².